The van der Waals surface area contributed by atoms with Crippen LogP contribution in [0.4, 0.5) is 0 Å². The molecule has 0 spiro atoms. The fourth-order valence-electron chi connectivity index (χ4n) is 2.28. The Morgan fingerprint density at radius 2 is 1.80 bits per heavy atom. The third kappa shape index (κ3) is 1.82. The molecule has 0 aliphatic rings. The van der Waals surface area contributed by atoms with Gasteiger partial charge in [0.25, 0.3) is 0 Å². The van der Waals surface area contributed by atoms with Crippen LogP contribution in [0.15, 0.2) is 65.7 Å². The normalized spacial score (nSPS) is 11.0. The molecule has 4 aromatic rings. The predicted octanol–water partition coefficient (Wildman–Crippen LogP) is 4.12. The van der Waals surface area contributed by atoms with Crippen molar-refractivity contribution in [3.05, 3.63) is 65.7 Å². The zero-order valence-corrected chi connectivity index (χ0v) is 11.4. The summed E-state index contributed by atoms with van der Waals surface area (Å²) >= 11 is 1.68. The molecule has 0 radical (unpaired) electrons. The van der Waals surface area contributed by atoms with Crippen LogP contribution in [0.2, 0.25) is 0 Å². The molecule has 0 aliphatic heterocycles. The van der Waals surface area contributed by atoms with Crippen LogP contribution >= 0.6 is 11.3 Å². The van der Waals surface area contributed by atoms with E-state index in [9.17, 15) is 0 Å². The molecule has 3 nitrogen and oxygen atoms in total. The van der Waals surface area contributed by atoms with Crippen LogP contribution in [0.3, 0.4) is 0 Å². The number of hydrogen-bond donors (Lipinski definition) is 0. The molecule has 0 saturated carbocycles. The van der Waals surface area contributed by atoms with Gasteiger partial charge in [-0.05, 0) is 28.0 Å². The molecule has 4 heteroatoms. The maximum Gasteiger partial charge on any atom is 0.162 e. The van der Waals surface area contributed by atoms with E-state index in [1.54, 1.807) is 11.3 Å². The van der Waals surface area contributed by atoms with Crippen molar-refractivity contribution in [2.24, 2.45) is 0 Å². The van der Waals surface area contributed by atoms with Crippen LogP contribution in [-0.4, -0.2) is 14.6 Å². The Morgan fingerprint density at radius 1 is 0.900 bits per heavy atom. The summed E-state index contributed by atoms with van der Waals surface area (Å²) in [4.78, 5) is 4.58. The lowest BCUT2D eigenvalue weighted by Gasteiger charge is -2.02. The van der Waals surface area contributed by atoms with Crippen molar-refractivity contribution in [3.63, 3.8) is 0 Å². The van der Waals surface area contributed by atoms with E-state index >= 15 is 0 Å². The van der Waals surface area contributed by atoms with Crippen molar-refractivity contribution in [2.75, 3.05) is 0 Å². The zero-order valence-electron chi connectivity index (χ0n) is 10.6. The molecule has 4 rings (SSSR count). The van der Waals surface area contributed by atoms with Gasteiger partial charge in [-0.15, -0.1) is 0 Å². The highest BCUT2D eigenvalue weighted by Gasteiger charge is 2.09. The molecule has 20 heavy (non-hydrogen) atoms. The fraction of sp³-hybridized carbons (Fsp3) is 0. The Morgan fingerprint density at radius 3 is 2.60 bits per heavy atom. The molecule has 1 aromatic carbocycles. The van der Waals surface area contributed by atoms with Crippen molar-refractivity contribution >= 4 is 17.0 Å². The molecular formula is C16H11N3S. The van der Waals surface area contributed by atoms with Crippen LogP contribution in [0, 0.1) is 0 Å². The van der Waals surface area contributed by atoms with Gasteiger partial charge in [0.05, 0.1) is 6.20 Å². The standard InChI is InChI=1S/C16H11N3S/c1-2-4-12(5-3-1)14-8-17-16-15(9-18-19(16)10-14)13-6-7-20-11-13/h1-11H. The van der Waals surface area contributed by atoms with Gasteiger partial charge in [-0.3, -0.25) is 0 Å². The highest BCUT2D eigenvalue weighted by atomic mass is 32.1. The van der Waals surface area contributed by atoms with E-state index in [0.29, 0.717) is 0 Å². The van der Waals surface area contributed by atoms with E-state index in [0.717, 1.165) is 22.3 Å². The molecule has 0 aliphatic carbocycles. The number of hydrogen-bond acceptors (Lipinski definition) is 3. The molecule has 0 saturated heterocycles. The highest BCUT2D eigenvalue weighted by Crippen LogP contribution is 2.26. The number of rotatable bonds is 2. The summed E-state index contributed by atoms with van der Waals surface area (Å²) < 4.78 is 1.84. The Labute approximate surface area is 120 Å². The third-order valence-electron chi connectivity index (χ3n) is 3.30. The van der Waals surface area contributed by atoms with Gasteiger partial charge >= 0.3 is 0 Å². The Hall–Kier alpha value is -2.46. The van der Waals surface area contributed by atoms with E-state index < -0.39 is 0 Å². The molecule has 0 amide bonds. The number of benzene rings is 1. The topological polar surface area (TPSA) is 30.2 Å². The summed E-state index contributed by atoms with van der Waals surface area (Å²) in [6.45, 7) is 0. The maximum atomic E-state index is 4.58. The lowest BCUT2D eigenvalue weighted by Crippen LogP contribution is -1.91. The average molecular weight is 277 g/mol. The van der Waals surface area contributed by atoms with Gasteiger partial charge in [0, 0.05) is 23.5 Å². The summed E-state index contributed by atoms with van der Waals surface area (Å²) in [5.74, 6) is 0. The van der Waals surface area contributed by atoms with Crippen LogP contribution in [0.5, 0.6) is 0 Å². The summed E-state index contributed by atoms with van der Waals surface area (Å²) in [6, 6.07) is 12.3. The minimum atomic E-state index is 0.892. The molecule has 0 fully saturated rings. The van der Waals surface area contributed by atoms with E-state index in [1.807, 2.05) is 41.3 Å². The first kappa shape index (κ1) is 11.4. The molecular weight excluding hydrogens is 266 g/mol. The number of aromatic nitrogens is 3. The van der Waals surface area contributed by atoms with Crippen LogP contribution in [-0.2, 0) is 0 Å². The maximum absolute atomic E-state index is 4.58. The van der Waals surface area contributed by atoms with E-state index in [1.165, 1.54) is 5.56 Å². The lowest BCUT2D eigenvalue weighted by atomic mass is 10.1. The fourth-order valence-corrected chi connectivity index (χ4v) is 2.93. The lowest BCUT2D eigenvalue weighted by molar-refractivity contribution is 0.941. The van der Waals surface area contributed by atoms with Gasteiger partial charge in [-0.1, -0.05) is 30.3 Å². The van der Waals surface area contributed by atoms with Crippen molar-refractivity contribution in [2.45, 2.75) is 0 Å². The molecule has 0 bridgehead atoms. The summed E-state index contributed by atoms with van der Waals surface area (Å²) in [7, 11) is 0. The minimum Gasteiger partial charge on any atom is -0.236 e. The first-order chi connectivity index (χ1) is 9.92. The smallest absolute Gasteiger partial charge is 0.162 e. The van der Waals surface area contributed by atoms with Crippen molar-refractivity contribution in [1.82, 2.24) is 14.6 Å². The average Bonchev–Trinajstić information content (AvgIpc) is 3.16. The number of thiophene rings is 1. The van der Waals surface area contributed by atoms with Gasteiger partial charge in [0.1, 0.15) is 0 Å². The van der Waals surface area contributed by atoms with E-state index in [4.69, 9.17) is 0 Å². The Bertz CT molecular complexity index is 848. The second kappa shape index (κ2) is 4.58. The highest BCUT2D eigenvalue weighted by molar-refractivity contribution is 7.08. The molecule has 96 valence electrons. The number of fused-ring (bicyclic) bond motifs is 1. The van der Waals surface area contributed by atoms with Crippen molar-refractivity contribution in [3.8, 4) is 22.3 Å². The largest absolute Gasteiger partial charge is 0.236 e. The first-order valence-electron chi connectivity index (χ1n) is 6.33. The van der Waals surface area contributed by atoms with Crippen LogP contribution in [0.25, 0.3) is 27.9 Å². The van der Waals surface area contributed by atoms with Crippen LogP contribution in [0.1, 0.15) is 0 Å². The van der Waals surface area contributed by atoms with Gasteiger partial charge in [-0.25, -0.2) is 9.50 Å². The summed E-state index contributed by atoms with van der Waals surface area (Å²) in [5, 5.41) is 8.60. The third-order valence-corrected chi connectivity index (χ3v) is 3.98. The monoisotopic (exact) mass is 277 g/mol. The van der Waals surface area contributed by atoms with Crippen molar-refractivity contribution < 1.29 is 0 Å². The zero-order chi connectivity index (χ0) is 13.4. The SMILES string of the molecule is c1ccc(-c2cnc3c(-c4ccsc4)cnn3c2)cc1. The molecule has 0 N–H and O–H groups in total. The Kier molecular flexibility index (Phi) is 2.60. The Balaban J connectivity index is 1.87. The van der Waals surface area contributed by atoms with Gasteiger partial charge in [0.2, 0.25) is 0 Å². The van der Waals surface area contributed by atoms with Gasteiger partial charge < -0.3 is 0 Å². The van der Waals surface area contributed by atoms with Crippen LogP contribution < -0.4 is 0 Å². The molecule has 0 unspecified atom stereocenters. The predicted molar refractivity (Wildman–Crippen MR) is 81.7 cm³/mol. The molecule has 3 aromatic heterocycles. The minimum absolute atomic E-state index is 0.892. The second-order valence-electron chi connectivity index (χ2n) is 4.55. The number of nitrogens with zero attached hydrogens (tertiary/aromatic N) is 3. The molecule has 3 heterocycles. The van der Waals surface area contributed by atoms with Gasteiger partial charge in [0.15, 0.2) is 5.65 Å². The summed E-state index contributed by atoms with van der Waals surface area (Å²) in [6.07, 6.45) is 5.80. The quantitative estimate of drug-likeness (QED) is 0.551. The second-order valence-corrected chi connectivity index (χ2v) is 5.33. The molecule has 0 atom stereocenters. The van der Waals surface area contributed by atoms with E-state index in [2.05, 4.69) is 39.0 Å². The van der Waals surface area contributed by atoms with Gasteiger partial charge in [-0.2, -0.15) is 16.4 Å². The van der Waals surface area contributed by atoms with E-state index in [-0.39, 0.29) is 0 Å². The summed E-state index contributed by atoms with van der Waals surface area (Å²) in [5.41, 5.74) is 5.35. The first-order valence-corrected chi connectivity index (χ1v) is 7.27. The van der Waals surface area contributed by atoms with Crippen molar-refractivity contribution in [1.29, 1.82) is 0 Å².